The van der Waals surface area contributed by atoms with E-state index in [0.29, 0.717) is 11.1 Å². The van der Waals surface area contributed by atoms with E-state index >= 15 is 0 Å². The topological polar surface area (TPSA) is 21.3 Å². The molecule has 2 rings (SSSR count). The smallest absolute Gasteiger partial charge is 0.129 e. The van der Waals surface area contributed by atoms with Crippen LogP contribution >= 0.6 is 0 Å². The van der Waals surface area contributed by atoms with Gasteiger partial charge in [0.25, 0.3) is 0 Å². The van der Waals surface area contributed by atoms with E-state index in [4.69, 9.17) is 4.74 Å². The molecule has 1 aliphatic rings. The summed E-state index contributed by atoms with van der Waals surface area (Å²) in [4.78, 5) is 0. The quantitative estimate of drug-likeness (QED) is 0.897. The Kier molecular flexibility index (Phi) is 4.26. The maximum Gasteiger partial charge on any atom is 0.129 e. The molecule has 106 valence electrons. The number of hydrogen-bond donors (Lipinski definition) is 1. The van der Waals surface area contributed by atoms with E-state index in [1.54, 1.807) is 0 Å². The molecule has 1 aliphatic heterocycles. The molecule has 1 N–H and O–H groups in total. The van der Waals surface area contributed by atoms with Gasteiger partial charge in [0.15, 0.2) is 0 Å². The van der Waals surface area contributed by atoms with Gasteiger partial charge >= 0.3 is 0 Å². The SMILES string of the molecule is CCNC(c1cc(C)c(F)c(C)c1)C1(C)CCCO1. The second-order valence-electron chi connectivity index (χ2n) is 5.72. The molecule has 2 atom stereocenters. The Morgan fingerprint density at radius 1 is 1.37 bits per heavy atom. The van der Waals surface area contributed by atoms with Gasteiger partial charge in [0, 0.05) is 6.61 Å². The molecule has 1 saturated heterocycles. The minimum Gasteiger partial charge on any atom is -0.373 e. The van der Waals surface area contributed by atoms with Crippen LogP contribution in [-0.4, -0.2) is 18.8 Å². The van der Waals surface area contributed by atoms with Crippen LogP contribution in [0.5, 0.6) is 0 Å². The standard InChI is InChI=1S/C16H24FNO/c1-5-18-15(16(4)7-6-8-19-16)13-9-11(2)14(17)12(3)10-13/h9-10,15,18H,5-8H2,1-4H3. The molecule has 1 heterocycles. The number of benzene rings is 1. The zero-order chi connectivity index (χ0) is 14.0. The molecular formula is C16H24FNO. The van der Waals surface area contributed by atoms with Crippen LogP contribution in [-0.2, 0) is 4.74 Å². The van der Waals surface area contributed by atoms with Crippen molar-refractivity contribution in [2.75, 3.05) is 13.2 Å². The first-order valence-corrected chi connectivity index (χ1v) is 7.12. The summed E-state index contributed by atoms with van der Waals surface area (Å²) in [6, 6.07) is 4.02. The van der Waals surface area contributed by atoms with Crippen molar-refractivity contribution in [3.63, 3.8) is 0 Å². The second kappa shape index (κ2) is 5.59. The average Bonchev–Trinajstić information content (AvgIpc) is 2.80. The van der Waals surface area contributed by atoms with Gasteiger partial charge in [0.05, 0.1) is 11.6 Å². The molecule has 2 unspecified atom stereocenters. The van der Waals surface area contributed by atoms with E-state index in [9.17, 15) is 4.39 Å². The highest BCUT2D eigenvalue weighted by Crippen LogP contribution is 2.38. The summed E-state index contributed by atoms with van der Waals surface area (Å²) in [5, 5.41) is 3.51. The highest BCUT2D eigenvalue weighted by Gasteiger charge is 2.39. The number of hydrogen-bond acceptors (Lipinski definition) is 2. The zero-order valence-corrected chi connectivity index (χ0v) is 12.3. The fourth-order valence-corrected chi connectivity index (χ4v) is 3.06. The van der Waals surface area contributed by atoms with E-state index in [1.807, 2.05) is 26.0 Å². The minimum absolute atomic E-state index is 0.100. The van der Waals surface area contributed by atoms with Crippen LogP contribution in [0.1, 0.15) is 49.4 Å². The van der Waals surface area contributed by atoms with Crippen LogP contribution in [0.4, 0.5) is 4.39 Å². The first-order valence-electron chi connectivity index (χ1n) is 7.12. The zero-order valence-electron chi connectivity index (χ0n) is 12.3. The summed E-state index contributed by atoms with van der Waals surface area (Å²) >= 11 is 0. The predicted molar refractivity (Wildman–Crippen MR) is 75.9 cm³/mol. The summed E-state index contributed by atoms with van der Waals surface area (Å²) in [6.45, 7) is 9.59. The van der Waals surface area contributed by atoms with E-state index in [2.05, 4.69) is 19.2 Å². The minimum atomic E-state index is -0.188. The maximum absolute atomic E-state index is 13.8. The number of halogens is 1. The molecule has 0 amide bonds. The van der Waals surface area contributed by atoms with Crippen LogP contribution in [0, 0.1) is 19.7 Å². The molecule has 0 bridgehead atoms. The van der Waals surface area contributed by atoms with Crippen LogP contribution in [0.2, 0.25) is 0 Å². The molecule has 0 aromatic heterocycles. The molecule has 19 heavy (non-hydrogen) atoms. The van der Waals surface area contributed by atoms with Gasteiger partial charge in [-0.05, 0) is 56.8 Å². The van der Waals surface area contributed by atoms with E-state index < -0.39 is 0 Å². The molecule has 1 aromatic carbocycles. The summed E-state index contributed by atoms with van der Waals surface area (Å²) in [7, 11) is 0. The number of aryl methyl sites for hydroxylation is 2. The molecule has 2 nitrogen and oxygen atoms in total. The normalized spacial score (nSPS) is 24.7. The van der Waals surface area contributed by atoms with Gasteiger partial charge in [-0.2, -0.15) is 0 Å². The van der Waals surface area contributed by atoms with Gasteiger partial charge in [-0.25, -0.2) is 4.39 Å². The van der Waals surface area contributed by atoms with Crippen molar-refractivity contribution in [1.82, 2.24) is 5.32 Å². The van der Waals surface area contributed by atoms with Crippen LogP contribution < -0.4 is 5.32 Å². The third kappa shape index (κ3) is 2.82. The second-order valence-corrected chi connectivity index (χ2v) is 5.72. The van der Waals surface area contributed by atoms with Crippen molar-refractivity contribution in [2.45, 2.75) is 52.2 Å². The van der Waals surface area contributed by atoms with Crippen molar-refractivity contribution in [3.8, 4) is 0 Å². The molecular weight excluding hydrogens is 241 g/mol. The molecule has 0 radical (unpaired) electrons. The van der Waals surface area contributed by atoms with Crippen LogP contribution in [0.25, 0.3) is 0 Å². The lowest BCUT2D eigenvalue weighted by atomic mass is 9.86. The first kappa shape index (κ1) is 14.5. The lowest BCUT2D eigenvalue weighted by Crippen LogP contribution is -2.41. The third-order valence-corrected chi connectivity index (χ3v) is 4.06. The lowest BCUT2D eigenvalue weighted by Gasteiger charge is -2.34. The Labute approximate surface area is 115 Å². The first-order chi connectivity index (χ1) is 8.98. The van der Waals surface area contributed by atoms with Crippen LogP contribution in [0.3, 0.4) is 0 Å². The van der Waals surface area contributed by atoms with Gasteiger partial charge < -0.3 is 10.1 Å². The number of rotatable bonds is 4. The Hall–Kier alpha value is -0.930. The molecule has 3 heteroatoms. The Morgan fingerprint density at radius 2 is 2.00 bits per heavy atom. The van der Waals surface area contributed by atoms with E-state index in [-0.39, 0.29) is 17.5 Å². The molecule has 1 aromatic rings. The Bertz CT molecular complexity index is 429. The highest BCUT2D eigenvalue weighted by atomic mass is 19.1. The Morgan fingerprint density at radius 3 is 2.47 bits per heavy atom. The summed E-state index contributed by atoms with van der Waals surface area (Å²) in [5.74, 6) is -0.100. The average molecular weight is 265 g/mol. The predicted octanol–water partition coefficient (Wildman–Crippen LogP) is 3.66. The van der Waals surface area contributed by atoms with Gasteiger partial charge in [-0.1, -0.05) is 19.1 Å². The molecule has 0 spiro atoms. The number of nitrogens with one attached hydrogen (secondary N) is 1. The summed E-state index contributed by atoms with van der Waals surface area (Å²) < 4.78 is 19.7. The third-order valence-electron chi connectivity index (χ3n) is 4.06. The fourth-order valence-electron chi connectivity index (χ4n) is 3.06. The van der Waals surface area contributed by atoms with Crippen molar-refractivity contribution in [1.29, 1.82) is 0 Å². The summed E-state index contributed by atoms with van der Waals surface area (Å²) in [5.41, 5.74) is 2.36. The molecule has 0 saturated carbocycles. The fraction of sp³-hybridized carbons (Fsp3) is 0.625. The van der Waals surface area contributed by atoms with Crippen LogP contribution in [0.15, 0.2) is 12.1 Å². The number of ether oxygens (including phenoxy) is 1. The number of likely N-dealkylation sites (N-methyl/N-ethyl adjacent to an activating group) is 1. The van der Waals surface area contributed by atoms with Gasteiger partial charge in [0.2, 0.25) is 0 Å². The van der Waals surface area contributed by atoms with Crippen molar-refractivity contribution >= 4 is 0 Å². The largest absolute Gasteiger partial charge is 0.373 e. The molecule has 0 aliphatic carbocycles. The van der Waals surface area contributed by atoms with Gasteiger partial charge in [0.1, 0.15) is 5.82 Å². The van der Waals surface area contributed by atoms with Gasteiger partial charge in [-0.3, -0.25) is 0 Å². The molecule has 1 fully saturated rings. The van der Waals surface area contributed by atoms with Crippen molar-refractivity contribution in [2.24, 2.45) is 0 Å². The highest BCUT2D eigenvalue weighted by molar-refractivity contribution is 5.34. The van der Waals surface area contributed by atoms with Crippen molar-refractivity contribution in [3.05, 3.63) is 34.6 Å². The van der Waals surface area contributed by atoms with E-state index in [0.717, 1.165) is 31.6 Å². The van der Waals surface area contributed by atoms with E-state index in [1.165, 1.54) is 0 Å². The monoisotopic (exact) mass is 265 g/mol. The lowest BCUT2D eigenvalue weighted by molar-refractivity contribution is -0.0121. The Balaban J connectivity index is 2.39. The summed E-state index contributed by atoms with van der Waals surface area (Å²) in [6.07, 6.45) is 2.14. The van der Waals surface area contributed by atoms with Crippen molar-refractivity contribution < 1.29 is 9.13 Å². The maximum atomic E-state index is 13.8. The van der Waals surface area contributed by atoms with Gasteiger partial charge in [-0.15, -0.1) is 0 Å².